The number of carbonyl (C=O) groups is 1. The molecule has 98 valence electrons. The molecule has 3 N–H and O–H groups in total. The van der Waals surface area contributed by atoms with Gasteiger partial charge >= 0.3 is 0 Å². The van der Waals surface area contributed by atoms with Crippen molar-refractivity contribution in [3.8, 4) is 0 Å². The SMILES string of the molecule is Nc1cccc(Cl)c1C(=O)NCCN1CCCC1. The van der Waals surface area contributed by atoms with Crippen LogP contribution < -0.4 is 11.1 Å². The lowest BCUT2D eigenvalue weighted by Gasteiger charge is -2.15. The van der Waals surface area contributed by atoms with E-state index in [1.54, 1.807) is 18.2 Å². The molecule has 1 fully saturated rings. The minimum Gasteiger partial charge on any atom is -0.398 e. The summed E-state index contributed by atoms with van der Waals surface area (Å²) in [4.78, 5) is 14.3. The number of amides is 1. The van der Waals surface area contributed by atoms with Crippen molar-refractivity contribution in [2.45, 2.75) is 12.8 Å². The van der Waals surface area contributed by atoms with Crippen molar-refractivity contribution in [1.82, 2.24) is 10.2 Å². The van der Waals surface area contributed by atoms with Gasteiger partial charge in [0.05, 0.1) is 10.6 Å². The predicted octanol–water partition coefficient (Wildman–Crippen LogP) is 1.75. The third kappa shape index (κ3) is 3.15. The molecule has 1 aliphatic heterocycles. The third-order valence-corrected chi connectivity index (χ3v) is 3.50. The molecule has 0 unspecified atom stereocenters. The summed E-state index contributed by atoms with van der Waals surface area (Å²) in [7, 11) is 0. The predicted molar refractivity (Wildman–Crippen MR) is 73.9 cm³/mol. The van der Waals surface area contributed by atoms with E-state index in [9.17, 15) is 4.79 Å². The highest BCUT2D eigenvalue weighted by Gasteiger charge is 2.15. The first-order valence-electron chi connectivity index (χ1n) is 6.23. The number of hydrogen-bond donors (Lipinski definition) is 2. The lowest BCUT2D eigenvalue weighted by molar-refractivity contribution is 0.0951. The van der Waals surface area contributed by atoms with E-state index in [-0.39, 0.29) is 5.91 Å². The van der Waals surface area contributed by atoms with Crippen molar-refractivity contribution >= 4 is 23.2 Å². The Morgan fingerprint density at radius 1 is 1.39 bits per heavy atom. The van der Waals surface area contributed by atoms with Crippen molar-refractivity contribution in [1.29, 1.82) is 0 Å². The number of nitrogens with one attached hydrogen (secondary N) is 1. The average Bonchev–Trinajstić information content (AvgIpc) is 2.82. The van der Waals surface area contributed by atoms with Crippen LogP contribution in [0.5, 0.6) is 0 Å². The molecule has 1 aromatic carbocycles. The molecular weight excluding hydrogens is 250 g/mol. The lowest BCUT2D eigenvalue weighted by Crippen LogP contribution is -2.33. The number of hydrogen-bond acceptors (Lipinski definition) is 3. The molecule has 0 radical (unpaired) electrons. The van der Waals surface area contributed by atoms with Gasteiger partial charge in [-0.3, -0.25) is 4.79 Å². The summed E-state index contributed by atoms with van der Waals surface area (Å²) >= 11 is 5.98. The van der Waals surface area contributed by atoms with Gasteiger partial charge in [-0.1, -0.05) is 17.7 Å². The van der Waals surface area contributed by atoms with Crippen LogP contribution >= 0.6 is 11.6 Å². The van der Waals surface area contributed by atoms with E-state index in [1.807, 2.05) is 0 Å². The molecule has 4 nitrogen and oxygen atoms in total. The van der Waals surface area contributed by atoms with E-state index in [2.05, 4.69) is 10.2 Å². The number of likely N-dealkylation sites (tertiary alicyclic amines) is 1. The largest absolute Gasteiger partial charge is 0.398 e. The molecule has 18 heavy (non-hydrogen) atoms. The Morgan fingerprint density at radius 2 is 2.11 bits per heavy atom. The first-order valence-corrected chi connectivity index (χ1v) is 6.61. The summed E-state index contributed by atoms with van der Waals surface area (Å²) in [6.45, 7) is 3.77. The van der Waals surface area contributed by atoms with Gasteiger partial charge in [0.2, 0.25) is 0 Å². The average molecular weight is 268 g/mol. The van der Waals surface area contributed by atoms with Gasteiger partial charge in [-0.2, -0.15) is 0 Å². The fraction of sp³-hybridized carbons (Fsp3) is 0.462. The van der Waals surface area contributed by atoms with Crippen molar-refractivity contribution in [3.05, 3.63) is 28.8 Å². The molecule has 5 heteroatoms. The van der Waals surface area contributed by atoms with E-state index in [4.69, 9.17) is 17.3 Å². The van der Waals surface area contributed by atoms with Crippen molar-refractivity contribution in [2.75, 3.05) is 31.9 Å². The first kappa shape index (κ1) is 13.2. The van der Waals surface area contributed by atoms with Gasteiger partial charge < -0.3 is 16.0 Å². The summed E-state index contributed by atoms with van der Waals surface area (Å²) in [6.07, 6.45) is 2.51. The molecular formula is C13H18ClN3O. The van der Waals surface area contributed by atoms with Crippen LogP contribution in [0.15, 0.2) is 18.2 Å². The Morgan fingerprint density at radius 3 is 2.78 bits per heavy atom. The quantitative estimate of drug-likeness (QED) is 0.817. The van der Waals surface area contributed by atoms with Gasteiger partial charge in [-0.15, -0.1) is 0 Å². The molecule has 0 aromatic heterocycles. The van der Waals surface area contributed by atoms with Gasteiger partial charge in [0.25, 0.3) is 5.91 Å². The highest BCUT2D eigenvalue weighted by Crippen LogP contribution is 2.21. The summed E-state index contributed by atoms with van der Waals surface area (Å²) in [5, 5.41) is 3.26. The Balaban J connectivity index is 1.87. The maximum Gasteiger partial charge on any atom is 0.254 e. The number of nitrogens with two attached hydrogens (primary N) is 1. The minimum atomic E-state index is -0.197. The van der Waals surface area contributed by atoms with Crippen LogP contribution in [0.25, 0.3) is 0 Å². The number of halogens is 1. The smallest absolute Gasteiger partial charge is 0.254 e. The minimum absolute atomic E-state index is 0.197. The van der Waals surface area contributed by atoms with Crippen LogP contribution in [0.3, 0.4) is 0 Å². The van der Waals surface area contributed by atoms with Crippen LogP contribution in [0.2, 0.25) is 5.02 Å². The van der Waals surface area contributed by atoms with Crippen LogP contribution in [-0.4, -0.2) is 37.0 Å². The van der Waals surface area contributed by atoms with Gasteiger partial charge in [-0.25, -0.2) is 0 Å². The van der Waals surface area contributed by atoms with Gasteiger partial charge in [0.15, 0.2) is 0 Å². The van der Waals surface area contributed by atoms with Crippen molar-refractivity contribution in [3.63, 3.8) is 0 Å². The first-order chi connectivity index (χ1) is 8.68. The maximum atomic E-state index is 12.0. The van der Waals surface area contributed by atoms with Gasteiger partial charge in [0, 0.05) is 18.8 Å². The standard InChI is InChI=1S/C13H18ClN3O/c14-10-4-3-5-11(15)12(10)13(18)16-6-9-17-7-1-2-8-17/h3-5H,1-2,6-9,15H2,(H,16,18). The van der Waals surface area contributed by atoms with Gasteiger partial charge in [-0.05, 0) is 38.1 Å². The number of carbonyl (C=O) groups excluding carboxylic acids is 1. The summed E-state index contributed by atoms with van der Waals surface area (Å²) < 4.78 is 0. The molecule has 0 bridgehead atoms. The zero-order valence-corrected chi connectivity index (χ0v) is 11.0. The van der Waals surface area contributed by atoms with Crippen LogP contribution in [0.1, 0.15) is 23.2 Å². The van der Waals surface area contributed by atoms with Crippen molar-refractivity contribution in [2.24, 2.45) is 0 Å². The number of rotatable bonds is 4. The van der Waals surface area contributed by atoms with E-state index in [0.29, 0.717) is 22.8 Å². The molecule has 1 aromatic rings. The fourth-order valence-electron chi connectivity index (χ4n) is 2.20. The monoisotopic (exact) mass is 267 g/mol. The number of benzene rings is 1. The van der Waals surface area contributed by atoms with E-state index in [0.717, 1.165) is 19.6 Å². The number of nitrogen functional groups attached to an aromatic ring is 1. The van der Waals surface area contributed by atoms with E-state index < -0.39 is 0 Å². The van der Waals surface area contributed by atoms with Gasteiger partial charge in [0.1, 0.15) is 0 Å². The second-order valence-corrected chi connectivity index (χ2v) is 4.92. The third-order valence-electron chi connectivity index (χ3n) is 3.19. The zero-order valence-electron chi connectivity index (χ0n) is 10.3. The summed E-state index contributed by atoms with van der Waals surface area (Å²) in [5.41, 5.74) is 6.55. The van der Waals surface area contributed by atoms with Crippen LogP contribution in [0.4, 0.5) is 5.69 Å². The zero-order chi connectivity index (χ0) is 13.0. The Hall–Kier alpha value is -1.26. The second-order valence-electron chi connectivity index (χ2n) is 4.51. The molecule has 0 saturated carbocycles. The molecule has 1 aliphatic rings. The molecule has 1 heterocycles. The fourth-order valence-corrected chi connectivity index (χ4v) is 2.47. The molecule has 2 rings (SSSR count). The molecule has 0 atom stereocenters. The Kier molecular flexibility index (Phi) is 4.44. The number of nitrogens with zero attached hydrogens (tertiary/aromatic N) is 1. The van der Waals surface area contributed by atoms with Crippen LogP contribution in [-0.2, 0) is 0 Å². The molecule has 1 saturated heterocycles. The summed E-state index contributed by atoms with van der Waals surface area (Å²) in [6, 6.07) is 5.09. The van der Waals surface area contributed by atoms with E-state index in [1.165, 1.54) is 12.8 Å². The van der Waals surface area contributed by atoms with Crippen LogP contribution in [0, 0.1) is 0 Å². The van der Waals surface area contributed by atoms with Crippen molar-refractivity contribution < 1.29 is 4.79 Å². The summed E-state index contributed by atoms with van der Waals surface area (Å²) in [5.74, 6) is -0.197. The Labute approximate surface area is 112 Å². The molecule has 1 amide bonds. The second kappa shape index (κ2) is 6.07. The topological polar surface area (TPSA) is 58.4 Å². The van der Waals surface area contributed by atoms with E-state index >= 15 is 0 Å². The highest BCUT2D eigenvalue weighted by molar-refractivity contribution is 6.34. The maximum absolute atomic E-state index is 12.0. The molecule has 0 spiro atoms. The lowest BCUT2D eigenvalue weighted by atomic mass is 10.1. The highest BCUT2D eigenvalue weighted by atomic mass is 35.5. The Bertz CT molecular complexity index is 410. The molecule has 0 aliphatic carbocycles. The number of anilines is 1. The normalized spacial score (nSPS) is 15.8.